The number of nitriles is 1. The van der Waals surface area contributed by atoms with Crippen molar-refractivity contribution < 1.29 is 8.60 Å². The quantitative estimate of drug-likeness (QED) is 0.441. The molecule has 2 N–H and O–H groups in total. The van der Waals surface area contributed by atoms with E-state index in [0.29, 0.717) is 24.0 Å². The molecule has 0 spiro atoms. The van der Waals surface area contributed by atoms with Gasteiger partial charge in [-0.05, 0) is 53.9 Å². The van der Waals surface area contributed by atoms with Crippen LogP contribution in [-0.4, -0.2) is 34.3 Å². The predicted octanol–water partition coefficient (Wildman–Crippen LogP) is 4.42. The number of hydrogen-bond donors (Lipinski definition) is 1. The van der Waals surface area contributed by atoms with E-state index in [1.807, 2.05) is 0 Å². The molecule has 1 aliphatic heterocycles. The molecule has 0 aliphatic carbocycles. The van der Waals surface area contributed by atoms with Crippen LogP contribution >= 0.6 is 15.9 Å². The van der Waals surface area contributed by atoms with E-state index >= 15 is 4.39 Å². The summed E-state index contributed by atoms with van der Waals surface area (Å²) in [4.78, 5) is 4.38. The van der Waals surface area contributed by atoms with Crippen LogP contribution in [0, 0.1) is 17.1 Å². The van der Waals surface area contributed by atoms with Crippen LogP contribution in [0.2, 0.25) is 18.1 Å². The van der Waals surface area contributed by atoms with E-state index in [0.717, 1.165) is 23.3 Å². The topological polar surface area (TPSA) is 92.1 Å². The fraction of sp³-hybridized carbons (Fsp3) is 0.700. The lowest BCUT2D eigenvalue weighted by Gasteiger charge is -2.36. The van der Waals surface area contributed by atoms with E-state index in [-0.39, 0.29) is 17.3 Å². The smallest absolute Gasteiger partial charge is 0.145 e. The summed E-state index contributed by atoms with van der Waals surface area (Å²) in [5, 5.41) is 10.4. The summed E-state index contributed by atoms with van der Waals surface area (Å²) in [5.74, 6) is -0.476. The third-order valence-electron chi connectivity index (χ3n) is 6.62. The van der Waals surface area contributed by atoms with Gasteiger partial charge < -0.3 is 5.73 Å². The van der Waals surface area contributed by atoms with Crippen molar-refractivity contribution in [2.75, 3.05) is 12.3 Å². The van der Waals surface area contributed by atoms with E-state index in [2.05, 4.69) is 52.1 Å². The van der Waals surface area contributed by atoms with Crippen molar-refractivity contribution in [3.8, 4) is 6.07 Å². The zero-order chi connectivity index (χ0) is 22.1. The molecule has 0 radical (unpaired) electrons. The molecule has 0 saturated carbocycles. The van der Waals surface area contributed by atoms with Gasteiger partial charge in [-0.25, -0.2) is 17.9 Å². The molecular weight excluding hydrogens is 471 g/mol. The molecule has 3 unspecified atom stereocenters. The Kier molecular flexibility index (Phi) is 7.36. The average molecular weight is 504 g/mol. The molecule has 3 atom stereocenters. The highest BCUT2D eigenvalue weighted by atomic mass is 79.9. The minimum Gasteiger partial charge on any atom is -0.319 e. The summed E-state index contributed by atoms with van der Waals surface area (Å²) in [7, 11) is -4.99. The summed E-state index contributed by atoms with van der Waals surface area (Å²) in [6.07, 6.45) is 1.21. The fourth-order valence-electron chi connectivity index (χ4n) is 4.32. The number of aromatic nitrogens is 1. The van der Waals surface area contributed by atoms with E-state index < -0.39 is 28.1 Å². The van der Waals surface area contributed by atoms with Crippen LogP contribution < -0.4 is 10.9 Å². The van der Waals surface area contributed by atoms with E-state index in [9.17, 15) is 9.47 Å². The van der Waals surface area contributed by atoms with Crippen LogP contribution in [-0.2, 0) is 15.3 Å². The van der Waals surface area contributed by atoms with Crippen molar-refractivity contribution in [2.24, 2.45) is 10.1 Å². The maximum absolute atomic E-state index is 15.8. The number of halogens is 2. The Hall–Kier alpha value is -0.823. The molecule has 1 aromatic heterocycles. The highest BCUT2D eigenvalue weighted by molar-refractivity contribution is 9.10. The van der Waals surface area contributed by atoms with Gasteiger partial charge in [0.25, 0.3) is 0 Å². The number of hydrogen-bond acceptors (Lipinski definition) is 5. The first-order valence-corrected chi connectivity index (χ1v) is 15.3. The second-order valence-corrected chi connectivity index (χ2v) is 17.3. The summed E-state index contributed by atoms with van der Waals surface area (Å²) in [6, 6.07) is 6.76. The van der Waals surface area contributed by atoms with Crippen LogP contribution in [0.5, 0.6) is 0 Å². The predicted molar refractivity (Wildman–Crippen MR) is 124 cm³/mol. The number of nitrogens with two attached hydrogens (primary N) is 1. The number of nitrogens with zero attached hydrogens (tertiary/aromatic N) is 3. The van der Waals surface area contributed by atoms with Crippen LogP contribution in [0.1, 0.15) is 53.2 Å². The summed E-state index contributed by atoms with van der Waals surface area (Å²) in [6.45, 7) is 10.1. The van der Waals surface area contributed by atoms with Crippen molar-refractivity contribution in [1.82, 2.24) is 4.98 Å². The molecule has 1 aromatic rings. The SMILES string of the molecule is CC[Si](CC)(CC)c1cc(Br)nc(C(C)(N)CS2(=O)=NCCCC2(C)C#N)c1F. The van der Waals surface area contributed by atoms with Crippen molar-refractivity contribution >= 4 is 38.9 Å². The summed E-state index contributed by atoms with van der Waals surface area (Å²) >= 11 is 3.44. The van der Waals surface area contributed by atoms with Gasteiger partial charge in [0, 0.05) is 6.54 Å². The van der Waals surface area contributed by atoms with Crippen LogP contribution in [0.4, 0.5) is 4.39 Å². The lowest BCUT2D eigenvalue weighted by Crippen LogP contribution is -2.52. The third kappa shape index (κ3) is 4.32. The average Bonchev–Trinajstić information content (AvgIpc) is 2.68. The van der Waals surface area contributed by atoms with Crippen LogP contribution in [0.25, 0.3) is 0 Å². The Morgan fingerprint density at radius 1 is 1.41 bits per heavy atom. The standard InChI is InChI=1S/C20H32BrFN4OSSi/c1-6-29(7-2,8-3)15-12-16(21)26-18(17(15)22)20(5,24)14-28(27)19(4,13-23)10-9-11-25-28/h12H,6-11,14,24H2,1-5H3. The molecule has 0 fully saturated rings. The Morgan fingerprint density at radius 3 is 2.52 bits per heavy atom. The molecule has 5 nitrogen and oxygen atoms in total. The molecule has 0 bridgehead atoms. The molecule has 29 heavy (non-hydrogen) atoms. The molecule has 0 aromatic carbocycles. The summed E-state index contributed by atoms with van der Waals surface area (Å²) in [5.41, 5.74) is 5.38. The first kappa shape index (κ1) is 24.4. The van der Waals surface area contributed by atoms with Gasteiger partial charge in [-0.3, -0.25) is 0 Å². The maximum Gasteiger partial charge on any atom is 0.145 e. The number of pyridine rings is 1. The maximum atomic E-state index is 15.8. The van der Waals surface area contributed by atoms with Crippen molar-refractivity contribution in [3.63, 3.8) is 0 Å². The minimum absolute atomic E-state index is 0.0944. The molecule has 0 saturated heterocycles. The zero-order valence-electron chi connectivity index (χ0n) is 18.0. The van der Waals surface area contributed by atoms with Gasteiger partial charge in [0.15, 0.2) is 0 Å². The van der Waals surface area contributed by atoms with E-state index in [1.165, 1.54) is 0 Å². The normalized spacial score (nSPS) is 27.0. The largest absolute Gasteiger partial charge is 0.319 e. The fourth-order valence-corrected chi connectivity index (χ4v) is 11.3. The molecule has 162 valence electrons. The first-order valence-electron chi connectivity index (χ1n) is 10.2. The highest BCUT2D eigenvalue weighted by Crippen LogP contribution is 2.35. The second kappa shape index (κ2) is 8.73. The van der Waals surface area contributed by atoms with E-state index in [1.54, 1.807) is 19.9 Å². The van der Waals surface area contributed by atoms with Gasteiger partial charge in [-0.2, -0.15) is 5.26 Å². The molecule has 2 heterocycles. The Morgan fingerprint density at radius 2 is 2.00 bits per heavy atom. The van der Waals surface area contributed by atoms with Crippen molar-refractivity contribution in [3.05, 3.63) is 22.2 Å². The molecule has 0 amide bonds. The van der Waals surface area contributed by atoms with Gasteiger partial charge in [-0.1, -0.05) is 38.9 Å². The van der Waals surface area contributed by atoms with Crippen LogP contribution in [0.15, 0.2) is 15.0 Å². The molecule has 2 rings (SSSR count). The summed E-state index contributed by atoms with van der Waals surface area (Å²) < 4.78 is 33.3. The van der Waals surface area contributed by atoms with Crippen molar-refractivity contribution in [2.45, 2.75) is 75.9 Å². The second-order valence-electron chi connectivity index (χ2n) is 8.50. The Labute approximate surface area is 184 Å². The van der Waals surface area contributed by atoms with Gasteiger partial charge in [0.2, 0.25) is 0 Å². The van der Waals surface area contributed by atoms with E-state index in [4.69, 9.17) is 5.73 Å². The van der Waals surface area contributed by atoms with Gasteiger partial charge in [0.1, 0.15) is 15.2 Å². The molecular formula is C20H32BrFN4OSSi. The Balaban J connectivity index is 2.64. The first-order chi connectivity index (χ1) is 13.4. The van der Waals surface area contributed by atoms with Gasteiger partial charge in [0.05, 0.1) is 40.9 Å². The van der Waals surface area contributed by atoms with Gasteiger partial charge >= 0.3 is 0 Å². The van der Waals surface area contributed by atoms with Crippen molar-refractivity contribution in [1.29, 1.82) is 5.26 Å². The minimum atomic E-state index is -2.95. The number of rotatable bonds is 7. The van der Waals surface area contributed by atoms with Crippen LogP contribution in [0.3, 0.4) is 0 Å². The Bertz CT molecular complexity index is 927. The lowest BCUT2D eigenvalue weighted by molar-refractivity contribution is 0.478. The third-order valence-corrected chi connectivity index (χ3v) is 15.9. The highest BCUT2D eigenvalue weighted by Gasteiger charge is 2.45. The molecule has 1 aliphatic rings. The monoisotopic (exact) mass is 502 g/mol. The molecule has 9 heteroatoms. The lowest BCUT2D eigenvalue weighted by atomic mass is 10.0. The zero-order valence-corrected chi connectivity index (χ0v) is 21.4. The van der Waals surface area contributed by atoms with Gasteiger partial charge in [-0.15, -0.1) is 0 Å².